The summed E-state index contributed by atoms with van der Waals surface area (Å²) in [7, 11) is 0. The van der Waals surface area contributed by atoms with Crippen LogP contribution in [0.1, 0.15) is 38.2 Å². The van der Waals surface area contributed by atoms with Crippen LogP contribution in [-0.2, 0) is 19.1 Å². The summed E-state index contributed by atoms with van der Waals surface area (Å²) in [4.78, 5) is 50.2. The molecule has 4 amide bonds. The predicted molar refractivity (Wildman–Crippen MR) is 106 cm³/mol. The van der Waals surface area contributed by atoms with Crippen molar-refractivity contribution in [2.24, 2.45) is 5.92 Å². The summed E-state index contributed by atoms with van der Waals surface area (Å²) in [6, 6.07) is 4.45. The Morgan fingerprint density at radius 2 is 2.10 bits per heavy atom. The van der Waals surface area contributed by atoms with Gasteiger partial charge in [0.2, 0.25) is 0 Å². The lowest BCUT2D eigenvalue weighted by Crippen LogP contribution is -2.54. The predicted octanol–water partition coefficient (Wildman–Crippen LogP) is 2.63. The van der Waals surface area contributed by atoms with E-state index in [1.54, 1.807) is 25.1 Å². The fourth-order valence-electron chi connectivity index (χ4n) is 3.87. The van der Waals surface area contributed by atoms with Crippen LogP contribution in [-0.4, -0.2) is 47.4 Å². The molecular formula is C20H24ClN3O5. The number of esters is 1. The molecule has 29 heavy (non-hydrogen) atoms. The van der Waals surface area contributed by atoms with E-state index < -0.39 is 42.5 Å². The van der Waals surface area contributed by atoms with Crippen molar-refractivity contribution in [3.05, 3.63) is 28.8 Å². The van der Waals surface area contributed by atoms with Crippen molar-refractivity contribution in [1.29, 1.82) is 0 Å². The first-order chi connectivity index (χ1) is 13.7. The zero-order valence-corrected chi connectivity index (χ0v) is 17.2. The minimum Gasteiger partial charge on any atom is -0.454 e. The van der Waals surface area contributed by atoms with Crippen LogP contribution < -0.4 is 10.6 Å². The Kier molecular flexibility index (Phi) is 6.12. The number of nitrogens with one attached hydrogen (secondary N) is 2. The lowest BCUT2D eigenvalue weighted by molar-refractivity contribution is -0.150. The molecule has 1 aliphatic carbocycles. The number of anilines is 1. The van der Waals surface area contributed by atoms with Crippen molar-refractivity contribution in [1.82, 2.24) is 10.2 Å². The van der Waals surface area contributed by atoms with Crippen LogP contribution >= 0.6 is 11.6 Å². The Morgan fingerprint density at radius 1 is 1.34 bits per heavy atom. The van der Waals surface area contributed by atoms with Gasteiger partial charge in [-0.25, -0.2) is 4.79 Å². The van der Waals surface area contributed by atoms with Gasteiger partial charge in [0.15, 0.2) is 6.61 Å². The summed E-state index contributed by atoms with van der Waals surface area (Å²) in [5.74, 6) is -1.77. The molecule has 1 saturated heterocycles. The third-order valence-corrected chi connectivity index (χ3v) is 5.86. The van der Waals surface area contributed by atoms with Gasteiger partial charge in [0.1, 0.15) is 12.1 Å². The van der Waals surface area contributed by atoms with Gasteiger partial charge in [0.05, 0.1) is 0 Å². The van der Waals surface area contributed by atoms with E-state index in [-0.39, 0.29) is 5.92 Å². The van der Waals surface area contributed by atoms with Crippen molar-refractivity contribution in [2.75, 3.05) is 18.5 Å². The van der Waals surface area contributed by atoms with E-state index in [9.17, 15) is 19.2 Å². The molecule has 1 saturated carbocycles. The first-order valence-corrected chi connectivity index (χ1v) is 9.96. The fourth-order valence-corrected chi connectivity index (χ4v) is 4.05. The number of hydrogen-bond donors (Lipinski definition) is 2. The molecule has 3 rings (SSSR count). The highest BCUT2D eigenvalue weighted by Gasteiger charge is 2.55. The number of amides is 4. The molecular weight excluding hydrogens is 398 g/mol. The number of rotatable bonds is 5. The Balaban J connectivity index is 1.54. The Bertz CT molecular complexity index is 859. The summed E-state index contributed by atoms with van der Waals surface area (Å²) in [5, 5.41) is 5.85. The highest BCUT2D eigenvalue weighted by Crippen LogP contribution is 2.38. The maximum absolute atomic E-state index is 12.8. The van der Waals surface area contributed by atoms with Crippen molar-refractivity contribution in [3.8, 4) is 0 Å². The van der Waals surface area contributed by atoms with E-state index in [1.807, 2.05) is 6.92 Å². The summed E-state index contributed by atoms with van der Waals surface area (Å²) >= 11 is 5.91. The second kappa shape index (κ2) is 8.41. The Morgan fingerprint density at radius 3 is 2.83 bits per heavy atom. The topological polar surface area (TPSA) is 105 Å². The first kappa shape index (κ1) is 21.1. The Labute approximate surface area is 173 Å². The molecule has 0 bridgehead atoms. The van der Waals surface area contributed by atoms with Crippen LogP contribution in [0.3, 0.4) is 0 Å². The fraction of sp³-hybridized carbons (Fsp3) is 0.500. The second-order valence-corrected chi connectivity index (χ2v) is 8.04. The minimum atomic E-state index is -0.933. The third kappa shape index (κ3) is 4.37. The molecule has 1 aromatic carbocycles. The van der Waals surface area contributed by atoms with Gasteiger partial charge in [0, 0.05) is 10.7 Å². The van der Waals surface area contributed by atoms with Crippen LogP contribution in [0.25, 0.3) is 0 Å². The van der Waals surface area contributed by atoms with Gasteiger partial charge in [-0.2, -0.15) is 0 Å². The van der Waals surface area contributed by atoms with Gasteiger partial charge < -0.3 is 15.4 Å². The zero-order chi connectivity index (χ0) is 21.2. The molecule has 156 valence electrons. The standard InChI is InChI=1S/C20H24ClN3O5/c1-12-6-7-14(21)9-15(12)22-16(25)11-29-17(26)10-24-18(27)20(23-19(24)28)8-4-3-5-13(20)2/h6-7,9,13H,3-5,8,10-11H2,1-2H3,(H,22,25)(H,23,28)/t13-,20-/m0/s1. The number of halogens is 1. The molecule has 0 radical (unpaired) electrons. The Hall–Kier alpha value is -2.61. The van der Waals surface area contributed by atoms with Crippen LogP contribution in [0.4, 0.5) is 10.5 Å². The van der Waals surface area contributed by atoms with Crippen molar-refractivity contribution < 1.29 is 23.9 Å². The molecule has 9 heteroatoms. The van der Waals surface area contributed by atoms with Crippen LogP contribution in [0.2, 0.25) is 5.02 Å². The van der Waals surface area contributed by atoms with E-state index in [4.69, 9.17) is 16.3 Å². The van der Waals surface area contributed by atoms with E-state index in [0.717, 1.165) is 29.7 Å². The average molecular weight is 422 g/mol. The van der Waals surface area contributed by atoms with E-state index in [0.29, 0.717) is 17.1 Å². The molecule has 0 unspecified atom stereocenters. The maximum atomic E-state index is 12.8. The summed E-state index contributed by atoms with van der Waals surface area (Å²) < 4.78 is 4.95. The van der Waals surface area contributed by atoms with Crippen LogP contribution in [0.15, 0.2) is 18.2 Å². The van der Waals surface area contributed by atoms with Gasteiger partial charge >= 0.3 is 12.0 Å². The second-order valence-electron chi connectivity index (χ2n) is 7.61. The number of imide groups is 1. The first-order valence-electron chi connectivity index (χ1n) is 9.58. The number of carbonyl (C=O) groups excluding carboxylic acids is 4. The van der Waals surface area contributed by atoms with Gasteiger partial charge in [-0.05, 0) is 43.4 Å². The molecule has 1 aliphatic heterocycles. The van der Waals surface area contributed by atoms with Gasteiger partial charge in [-0.1, -0.05) is 37.4 Å². The van der Waals surface area contributed by atoms with E-state index in [1.165, 1.54) is 0 Å². The number of hydrogen-bond acceptors (Lipinski definition) is 5. The molecule has 1 aromatic rings. The number of carbonyl (C=O) groups is 4. The lowest BCUT2D eigenvalue weighted by atomic mass is 9.73. The number of benzene rings is 1. The SMILES string of the molecule is Cc1ccc(Cl)cc1NC(=O)COC(=O)CN1C(=O)N[C@]2(CCCC[C@@H]2C)C1=O. The molecule has 2 fully saturated rings. The number of nitrogens with zero attached hydrogens (tertiary/aromatic N) is 1. The molecule has 0 aromatic heterocycles. The van der Waals surface area contributed by atoms with Crippen molar-refractivity contribution in [2.45, 2.75) is 45.1 Å². The lowest BCUT2D eigenvalue weighted by Gasteiger charge is -2.36. The molecule has 1 spiro atoms. The van der Waals surface area contributed by atoms with Crippen LogP contribution in [0.5, 0.6) is 0 Å². The number of ether oxygens (including phenoxy) is 1. The van der Waals surface area contributed by atoms with Gasteiger partial charge in [-0.15, -0.1) is 0 Å². The molecule has 2 aliphatic rings. The van der Waals surface area contributed by atoms with Crippen molar-refractivity contribution >= 4 is 41.1 Å². The van der Waals surface area contributed by atoms with Crippen molar-refractivity contribution in [3.63, 3.8) is 0 Å². The number of aryl methyl sites for hydroxylation is 1. The van der Waals surface area contributed by atoms with E-state index >= 15 is 0 Å². The smallest absolute Gasteiger partial charge is 0.326 e. The minimum absolute atomic E-state index is 0.000402. The third-order valence-electron chi connectivity index (χ3n) is 5.63. The summed E-state index contributed by atoms with van der Waals surface area (Å²) in [6.45, 7) is 2.68. The molecule has 8 nitrogen and oxygen atoms in total. The monoisotopic (exact) mass is 421 g/mol. The maximum Gasteiger partial charge on any atom is 0.326 e. The quantitative estimate of drug-likeness (QED) is 0.561. The molecule has 1 heterocycles. The highest BCUT2D eigenvalue weighted by molar-refractivity contribution is 6.31. The summed E-state index contributed by atoms with van der Waals surface area (Å²) in [6.07, 6.45) is 3.26. The molecule has 2 N–H and O–H groups in total. The average Bonchev–Trinajstić information content (AvgIpc) is 2.90. The zero-order valence-electron chi connectivity index (χ0n) is 16.4. The largest absolute Gasteiger partial charge is 0.454 e. The van der Waals surface area contributed by atoms with Gasteiger partial charge in [-0.3, -0.25) is 19.3 Å². The molecule has 2 atom stereocenters. The van der Waals surface area contributed by atoms with E-state index in [2.05, 4.69) is 10.6 Å². The number of urea groups is 1. The van der Waals surface area contributed by atoms with Gasteiger partial charge in [0.25, 0.3) is 11.8 Å². The highest BCUT2D eigenvalue weighted by atomic mass is 35.5. The normalized spacial score (nSPS) is 23.8. The van der Waals surface area contributed by atoms with Crippen LogP contribution in [0, 0.1) is 12.8 Å². The summed E-state index contributed by atoms with van der Waals surface area (Å²) in [5.41, 5.74) is 0.387.